The maximum Gasteiger partial charge on any atom is 0.221 e. The van der Waals surface area contributed by atoms with E-state index in [0.29, 0.717) is 26.1 Å². The summed E-state index contributed by atoms with van der Waals surface area (Å²) in [5, 5.41) is 12.8. The maximum absolute atomic E-state index is 12.2. The Hall–Kier alpha value is -1.43. The third kappa shape index (κ3) is 5.61. The van der Waals surface area contributed by atoms with Gasteiger partial charge in [-0.1, -0.05) is 24.3 Å². The lowest BCUT2D eigenvalue weighted by Gasteiger charge is -2.27. The van der Waals surface area contributed by atoms with Crippen LogP contribution in [0.1, 0.15) is 36.4 Å². The third-order valence-electron chi connectivity index (χ3n) is 4.31. The Morgan fingerprint density at radius 3 is 3.04 bits per heavy atom. The van der Waals surface area contributed by atoms with Crippen LogP contribution in [0.2, 0.25) is 0 Å². The molecule has 0 radical (unpaired) electrons. The molecule has 5 heteroatoms. The Kier molecular flexibility index (Phi) is 7.02. The van der Waals surface area contributed by atoms with Crippen LogP contribution in [-0.2, 0) is 16.0 Å². The summed E-state index contributed by atoms with van der Waals surface area (Å²) in [6.45, 7) is 1.45. The number of hydrogen-bond acceptors (Lipinski definition) is 4. The highest BCUT2D eigenvalue weighted by atomic mass is 16.5. The summed E-state index contributed by atoms with van der Waals surface area (Å²) < 4.78 is 4.91. The van der Waals surface area contributed by atoms with Crippen molar-refractivity contribution in [1.29, 1.82) is 0 Å². The fraction of sp³-hybridized carbons (Fsp3) is 0.611. The first-order valence-corrected chi connectivity index (χ1v) is 8.33. The van der Waals surface area contributed by atoms with Crippen LogP contribution in [0, 0.1) is 0 Å². The molecule has 0 bridgehead atoms. The predicted molar refractivity (Wildman–Crippen MR) is 90.3 cm³/mol. The van der Waals surface area contributed by atoms with E-state index in [1.165, 1.54) is 11.1 Å². The number of nitrogens with zero attached hydrogens (tertiary/aromatic N) is 1. The van der Waals surface area contributed by atoms with Crippen molar-refractivity contribution < 1.29 is 14.6 Å². The van der Waals surface area contributed by atoms with E-state index in [9.17, 15) is 9.90 Å². The summed E-state index contributed by atoms with van der Waals surface area (Å²) in [4.78, 5) is 14.2. The first-order valence-electron chi connectivity index (χ1n) is 8.33. The Labute approximate surface area is 138 Å². The van der Waals surface area contributed by atoms with Gasteiger partial charge in [-0.25, -0.2) is 0 Å². The van der Waals surface area contributed by atoms with Gasteiger partial charge in [0.2, 0.25) is 5.91 Å². The highest BCUT2D eigenvalue weighted by molar-refractivity contribution is 5.76. The van der Waals surface area contributed by atoms with Crippen molar-refractivity contribution in [2.24, 2.45) is 0 Å². The van der Waals surface area contributed by atoms with Gasteiger partial charge in [0.1, 0.15) is 0 Å². The summed E-state index contributed by atoms with van der Waals surface area (Å²) >= 11 is 0. The molecule has 2 N–H and O–H groups in total. The summed E-state index contributed by atoms with van der Waals surface area (Å²) in [7, 11) is 3.47. The molecule has 1 aliphatic rings. The maximum atomic E-state index is 12.2. The van der Waals surface area contributed by atoms with Crippen LogP contribution >= 0.6 is 0 Å². The van der Waals surface area contributed by atoms with Crippen molar-refractivity contribution in [3.05, 3.63) is 35.4 Å². The number of ether oxygens (including phenoxy) is 1. The largest absolute Gasteiger partial charge is 0.389 e. The van der Waals surface area contributed by atoms with E-state index in [1.807, 2.05) is 18.0 Å². The minimum Gasteiger partial charge on any atom is -0.389 e. The van der Waals surface area contributed by atoms with Crippen molar-refractivity contribution >= 4 is 5.91 Å². The molecule has 0 aliphatic heterocycles. The van der Waals surface area contributed by atoms with Crippen LogP contribution in [0.3, 0.4) is 0 Å². The smallest absolute Gasteiger partial charge is 0.221 e. The fourth-order valence-electron chi connectivity index (χ4n) is 3.16. The molecular weight excluding hydrogens is 292 g/mol. The number of benzene rings is 1. The van der Waals surface area contributed by atoms with Gasteiger partial charge in [-0.05, 0) is 37.4 Å². The first kappa shape index (κ1) is 17.9. The van der Waals surface area contributed by atoms with E-state index in [-0.39, 0.29) is 11.9 Å². The van der Waals surface area contributed by atoms with Gasteiger partial charge in [0.15, 0.2) is 0 Å². The minimum atomic E-state index is -0.515. The SMILES string of the molecule is COCC(O)CN(C)CCC(=O)NC1CCCc2ccccc21. The lowest BCUT2D eigenvalue weighted by molar-refractivity contribution is -0.122. The Morgan fingerprint density at radius 1 is 1.48 bits per heavy atom. The molecule has 1 aromatic carbocycles. The summed E-state index contributed by atoms with van der Waals surface area (Å²) in [6.07, 6.45) is 3.14. The Bertz CT molecular complexity index is 507. The molecule has 23 heavy (non-hydrogen) atoms. The number of methoxy groups -OCH3 is 1. The molecule has 0 aromatic heterocycles. The highest BCUT2D eigenvalue weighted by Gasteiger charge is 2.21. The molecule has 0 saturated heterocycles. The van der Waals surface area contributed by atoms with Gasteiger partial charge in [-0.15, -0.1) is 0 Å². The highest BCUT2D eigenvalue weighted by Crippen LogP contribution is 2.29. The molecule has 1 aliphatic carbocycles. The molecule has 2 atom stereocenters. The van der Waals surface area contributed by atoms with Crippen LogP contribution in [0.15, 0.2) is 24.3 Å². The molecule has 2 unspecified atom stereocenters. The molecule has 5 nitrogen and oxygen atoms in total. The van der Waals surface area contributed by atoms with Crippen LogP contribution < -0.4 is 5.32 Å². The lowest BCUT2D eigenvalue weighted by atomic mass is 9.87. The van der Waals surface area contributed by atoms with Gasteiger partial charge in [-0.2, -0.15) is 0 Å². The zero-order chi connectivity index (χ0) is 16.7. The van der Waals surface area contributed by atoms with Crippen molar-refractivity contribution in [3.63, 3.8) is 0 Å². The number of carbonyl (C=O) groups is 1. The second-order valence-electron chi connectivity index (χ2n) is 6.33. The zero-order valence-electron chi connectivity index (χ0n) is 14.1. The van der Waals surface area contributed by atoms with E-state index >= 15 is 0 Å². The lowest BCUT2D eigenvalue weighted by Crippen LogP contribution is -2.36. The minimum absolute atomic E-state index is 0.0692. The number of rotatable bonds is 8. The molecule has 0 saturated carbocycles. The number of nitrogens with one attached hydrogen (secondary N) is 1. The van der Waals surface area contributed by atoms with Crippen molar-refractivity contribution in [2.45, 2.75) is 37.8 Å². The number of hydrogen-bond donors (Lipinski definition) is 2. The van der Waals surface area contributed by atoms with Crippen LogP contribution in [0.5, 0.6) is 0 Å². The molecular formula is C18H28N2O3. The summed E-state index contributed by atoms with van der Waals surface area (Å²) in [5.74, 6) is 0.0692. The van der Waals surface area contributed by atoms with Gasteiger partial charge < -0.3 is 20.1 Å². The molecule has 1 amide bonds. The summed E-state index contributed by atoms with van der Waals surface area (Å²) in [6, 6.07) is 8.50. The second-order valence-corrected chi connectivity index (χ2v) is 6.33. The van der Waals surface area contributed by atoms with Crippen molar-refractivity contribution in [2.75, 3.05) is 33.9 Å². The topological polar surface area (TPSA) is 61.8 Å². The van der Waals surface area contributed by atoms with Crippen LogP contribution in [0.25, 0.3) is 0 Å². The number of aryl methyl sites for hydroxylation is 1. The van der Waals surface area contributed by atoms with E-state index < -0.39 is 6.10 Å². The molecule has 0 fully saturated rings. The van der Waals surface area contributed by atoms with Gasteiger partial charge in [0, 0.05) is 26.6 Å². The number of aliphatic hydroxyl groups is 1. The van der Waals surface area contributed by atoms with Crippen LogP contribution in [-0.4, -0.2) is 55.9 Å². The predicted octanol–water partition coefficient (Wildman–Crippen LogP) is 1.51. The molecule has 128 valence electrons. The van der Waals surface area contributed by atoms with Gasteiger partial charge >= 0.3 is 0 Å². The number of amides is 1. The normalized spacial score (nSPS) is 18.5. The zero-order valence-corrected chi connectivity index (χ0v) is 14.1. The monoisotopic (exact) mass is 320 g/mol. The third-order valence-corrected chi connectivity index (χ3v) is 4.31. The quantitative estimate of drug-likeness (QED) is 0.762. The average molecular weight is 320 g/mol. The van der Waals surface area contributed by atoms with Gasteiger partial charge in [-0.3, -0.25) is 4.79 Å². The van der Waals surface area contributed by atoms with E-state index in [1.54, 1.807) is 7.11 Å². The number of aliphatic hydroxyl groups excluding tert-OH is 1. The second kappa shape index (κ2) is 9.01. The molecule has 2 rings (SSSR count). The fourth-order valence-corrected chi connectivity index (χ4v) is 3.16. The summed E-state index contributed by atoms with van der Waals surface area (Å²) in [5.41, 5.74) is 2.61. The standard InChI is InChI=1S/C18H28N2O3/c1-20(12-15(21)13-23-2)11-10-18(22)19-17-9-5-7-14-6-3-4-8-16(14)17/h3-4,6,8,15,17,21H,5,7,9-13H2,1-2H3,(H,19,22). The van der Waals surface area contributed by atoms with Gasteiger partial charge in [0.25, 0.3) is 0 Å². The van der Waals surface area contributed by atoms with E-state index in [2.05, 4.69) is 23.5 Å². The molecule has 1 aromatic rings. The van der Waals surface area contributed by atoms with Crippen molar-refractivity contribution in [1.82, 2.24) is 10.2 Å². The number of fused-ring (bicyclic) bond motifs is 1. The Balaban J connectivity index is 1.77. The van der Waals surface area contributed by atoms with Crippen molar-refractivity contribution in [3.8, 4) is 0 Å². The molecule has 0 heterocycles. The first-order chi connectivity index (χ1) is 11.1. The average Bonchev–Trinajstić information content (AvgIpc) is 2.53. The number of likely N-dealkylation sites (N-methyl/N-ethyl adjacent to an activating group) is 1. The van der Waals surface area contributed by atoms with Gasteiger partial charge in [0.05, 0.1) is 18.8 Å². The van der Waals surface area contributed by atoms with E-state index in [0.717, 1.165) is 19.3 Å². The Morgan fingerprint density at radius 2 is 2.26 bits per heavy atom. The van der Waals surface area contributed by atoms with Crippen LogP contribution in [0.4, 0.5) is 0 Å². The van der Waals surface area contributed by atoms with E-state index in [4.69, 9.17) is 4.74 Å². The number of carbonyl (C=O) groups excluding carboxylic acids is 1. The molecule has 0 spiro atoms.